The normalized spacial score (nSPS) is 13.1. The topological polar surface area (TPSA) is 85.2 Å². The third-order valence-electron chi connectivity index (χ3n) is 4.98. The van der Waals surface area contributed by atoms with Gasteiger partial charge in [0.15, 0.2) is 11.5 Å². The van der Waals surface area contributed by atoms with Gasteiger partial charge >= 0.3 is 0 Å². The Labute approximate surface area is 159 Å². The van der Waals surface area contributed by atoms with Crippen LogP contribution in [0.4, 0.5) is 5.69 Å². The summed E-state index contributed by atoms with van der Waals surface area (Å²) in [5, 5.41) is 5.75. The number of carbonyl (C=O) groups excluding carboxylic acids is 2. The quantitative estimate of drug-likeness (QED) is 0.765. The SMILES string of the molecule is COCCNC(=O)c1nc(C(=O)Nc2cccc(C)c2C)c2n1CCCC2. The number of aromatic nitrogens is 2. The molecule has 3 rings (SSSR count). The highest BCUT2D eigenvalue weighted by Gasteiger charge is 2.27. The standard InChI is InChI=1S/C20H26N4O3/c1-13-7-6-8-15(14(13)2)22-19(25)17-16-9-4-5-11-24(16)18(23-17)20(26)21-10-12-27-3/h6-8H,4-5,9-12H2,1-3H3,(H,21,26)(H,22,25). The minimum absolute atomic E-state index is 0.273. The number of ether oxygens (including phenoxy) is 1. The number of hydrogen-bond donors (Lipinski definition) is 2. The number of imidazole rings is 1. The second-order valence-electron chi connectivity index (χ2n) is 6.79. The van der Waals surface area contributed by atoms with Crippen LogP contribution in [0.5, 0.6) is 0 Å². The van der Waals surface area contributed by atoms with Crippen molar-refractivity contribution in [2.75, 3.05) is 25.6 Å². The average molecular weight is 370 g/mol. The molecule has 1 aromatic carbocycles. The number of nitrogens with one attached hydrogen (secondary N) is 2. The Hall–Kier alpha value is -2.67. The zero-order valence-corrected chi connectivity index (χ0v) is 16.1. The van der Waals surface area contributed by atoms with Crippen LogP contribution in [0.25, 0.3) is 0 Å². The number of nitrogens with zero attached hydrogens (tertiary/aromatic N) is 2. The maximum absolute atomic E-state index is 12.9. The number of fused-ring (bicyclic) bond motifs is 1. The van der Waals surface area contributed by atoms with Gasteiger partial charge in [0.05, 0.1) is 12.3 Å². The Kier molecular flexibility index (Phi) is 5.91. The summed E-state index contributed by atoms with van der Waals surface area (Å²) in [6.45, 7) is 5.52. The maximum atomic E-state index is 12.9. The highest BCUT2D eigenvalue weighted by Crippen LogP contribution is 2.23. The Bertz CT molecular complexity index is 857. The number of anilines is 1. The molecule has 1 aromatic heterocycles. The first kappa shape index (κ1) is 19.1. The van der Waals surface area contributed by atoms with E-state index >= 15 is 0 Å². The molecule has 0 saturated heterocycles. The van der Waals surface area contributed by atoms with E-state index in [1.54, 1.807) is 7.11 Å². The smallest absolute Gasteiger partial charge is 0.287 e. The number of amides is 2. The van der Waals surface area contributed by atoms with E-state index in [-0.39, 0.29) is 11.8 Å². The Morgan fingerprint density at radius 2 is 2.04 bits per heavy atom. The van der Waals surface area contributed by atoms with E-state index in [0.29, 0.717) is 31.2 Å². The average Bonchev–Trinajstić information content (AvgIpc) is 3.05. The van der Waals surface area contributed by atoms with Gasteiger partial charge in [-0.25, -0.2) is 4.98 Å². The van der Waals surface area contributed by atoms with Crippen LogP contribution in [-0.2, 0) is 17.7 Å². The summed E-state index contributed by atoms with van der Waals surface area (Å²) < 4.78 is 6.84. The lowest BCUT2D eigenvalue weighted by Crippen LogP contribution is -2.30. The van der Waals surface area contributed by atoms with E-state index in [1.807, 2.05) is 36.6 Å². The number of rotatable bonds is 6. The molecule has 0 radical (unpaired) electrons. The Balaban J connectivity index is 1.87. The summed E-state index contributed by atoms with van der Waals surface area (Å²) in [5.74, 6) is -0.252. The van der Waals surface area contributed by atoms with Crippen LogP contribution in [-0.4, -0.2) is 41.6 Å². The van der Waals surface area contributed by atoms with Gasteiger partial charge in [0, 0.05) is 25.9 Å². The molecule has 2 heterocycles. The van der Waals surface area contributed by atoms with Crippen molar-refractivity contribution in [3.63, 3.8) is 0 Å². The van der Waals surface area contributed by atoms with Gasteiger partial charge in [0.25, 0.3) is 11.8 Å². The van der Waals surface area contributed by atoms with Crippen LogP contribution < -0.4 is 10.6 Å². The highest BCUT2D eigenvalue weighted by molar-refractivity contribution is 6.05. The van der Waals surface area contributed by atoms with Crippen LogP contribution in [0.15, 0.2) is 18.2 Å². The van der Waals surface area contributed by atoms with Crippen molar-refractivity contribution in [2.24, 2.45) is 0 Å². The van der Waals surface area contributed by atoms with Gasteiger partial charge in [-0.1, -0.05) is 12.1 Å². The third-order valence-corrected chi connectivity index (χ3v) is 4.98. The van der Waals surface area contributed by atoms with Crippen molar-refractivity contribution >= 4 is 17.5 Å². The molecule has 0 unspecified atom stereocenters. The molecule has 0 spiro atoms. The lowest BCUT2D eigenvalue weighted by molar-refractivity contribution is 0.0921. The number of aryl methyl sites for hydroxylation is 1. The Morgan fingerprint density at radius 3 is 2.81 bits per heavy atom. The molecule has 7 heteroatoms. The van der Waals surface area contributed by atoms with Crippen LogP contribution in [0.3, 0.4) is 0 Å². The first-order valence-electron chi connectivity index (χ1n) is 9.27. The van der Waals surface area contributed by atoms with Gasteiger partial charge in [-0.2, -0.15) is 0 Å². The highest BCUT2D eigenvalue weighted by atomic mass is 16.5. The molecule has 7 nitrogen and oxygen atoms in total. The van der Waals surface area contributed by atoms with E-state index in [9.17, 15) is 9.59 Å². The van der Waals surface area contributed by atoms with Crippen molar-refractivity contribution in [3.05, 3.63) is 46.5 Å². The molecule has 2 aromatic rings. The van der Waals surface area contributed by atoms with Crippen LogP contribution in [0.1, 0.15) is 50.8 Å². The molecule has 0 fully saturated rings. The molecule has 0 bridgehead atoms. The van der Waals surface area contributed by atoms with Gasteiger partial charge in [0.2, 0.25) is 0 Å². The number of methoxy groups -OCH3 is 1. The first-order chi connectivity index (χ1) is 13.0. The summed E-state index contributed by atoms with van der Waals surface area (Å²) in [5.41, 5.74) is 4.08. The molecule has 0 atom stereocenters. The van der Waals surface area contributed by atoms with E-state index in [0.717, 1.165) is 41.8 Å². The fourth-order valence-electron chi connectivity index (χ4n) is 3.31. The zero-order chi connectivity index (χ0) is 19.4. The third kappa shape index (κ3) is 4.03. The molecule has 1 aliphatic heterocycles. The molecular weight excluding hydrogens is 344 g/mol. The van der Waals surface area contributed by atoms with Crippen LogP contribution in [0, 0.1) is 13.8 Å². The summed E-state index contributed by atoms with van der Waals surface area (Å²) in [4.78, 5) is 29.8. The lowest BCUT2D eigenvalue weighted by Gasteiger charge is -2.17. The summed E-state index contributed by atoms with van der Waals surface area (Å²) in [7, 11) is 1.58. The summed E-state index contributed by atoms with van der Waals surface area (Å²) in [6.07, 6.45) is 2.70. The van der Waals surface area contributed by atoms with Gasteiger partial charge in [0.1, 0.15) is 0 Å². The lowest BCUT2D eigenvalue weighted by atomic mass is 10.1. The fourth-order valence-corrected chi connectivity index (χ4v) is 3.31. The number of benzene rings is 1. The van der Waals surface area contributed by atoms with Crippen molar-refractivity contribution in [1.82, 2.24) is 14.9 Å². The number of hydrogen-bond acceptors (Lipinski definition) is 4. The van der Waals surface area contributed by atoms with Crippen molar-refractivity contribution in [3.8, 4) is 0 Å². The van der Waals surface area contributed by atoms with E-state index in [2.05, 4.69) is 15.6 Å². The van der Waals surface area contributed by atoms with E-state index in [1.165, 1.54) is 0 Å². The molecular formula is C20H26N4O3. The predicted molar refractivity (Wildman–Crippen MR) is 103 cm³/mol. The van der Waals surface area contributed by atoms with Crippen LogP contribution in [0.2, 0.25) is 0 Å². The molecule has 0 aliphatic carbocycles. The second kappa shape index (κ2) is 8.35. The molecule has 144 valence electrons. The van der Waals surface area contributed by atoms with Gasteiger partial charge in [-0.3, -0.25) is 9.59 Å². The van der Waals surface area contributed by atoms with Gasteiger partial charge < -0.3 is 19.9 Å². The first-order valence-corrected chi connectivity index (χ1v) is 9.27. The van der Waals surface area contributed by atoms with Gasteiger partial charge in [-0.05, 0) is 50.3 Å². The van der Waals surface area contributed by atoms with Crippen molar-refractivity contribution in [1.29, 1.82) is 0 Å². The predicted octanol–water partition coefficient (Wildman–Crippen LogP) is 2.46. The van der Waals surface area contributed by atoms with Crippen molar-refractivity contribution in [2.45, 2.75) is 39.7 Å². The maximum Gasteiger partial charge on any atom is 0.287 e. The minimum Gasteiger partial charge on any atom is -0.383 e. The van der Waals surface area contributed by atoms with Crippen LogP contribution >= 0.6 is 0 Å². The molecule has 2 amide bonds. The Morgan fingerprint density at radius 1 is 1.22 bits per heavy atom. The fraction of sp³-hybridized carbons (Fsp3) is 0.450. The second-order valence-corrected chi connectivity index (χ2v) is 6.79. The number of carbonyl (C=O) groups is 2. The summed E-state index contributed by atoms with van der Waals surface area (Å²) in [6, 6.07) is 5.79. The molecule has 1 aliphatic rings. The minimum atomic E-state index is -0.277. The van der Waals surface area contributed by atoms with Crippen molar-refractivity contribution < 1.29 is 14.3 Å². The van der Waals surface area contributed by atoms with E-state index < -0.39 is 0 Å². The van der Waals surface area contributed by atoms with E-state index in [4.69, 9.17) is 4.74 Å². The molecule has 27 heavy (non-hydrogen) atoms. The monoisotopic (exact) mass is 370 g/mol. The molecule has 2 N–H and O–H groups in total. The largest absolute Gasteiger partial charge is 0.383 e. The zero-order valence-electron chi connectivity index (χ0n) is 16.1. The molecule has 0 saturated carbocycles. The summed E-state index contributed by atoms with van der Waals surface area (Å²) >= 11 is 0. The van der Waals surface area contributed by atoms with Gasteiger partial charge in [-0.15, -0.1) is 0 Å².